The number of aromatic hydroxyl groups is 4. The molecule has 5 N–H and O–H groups in total. The van der Waals surface area contributed by atoms with E-state index in [9.17, 15) is 25.5 Å². The zero-order valence-electron chi connectivity index (χ0n) is 10.9. The van der Waals surface area contributed by atoms with Crippen molar-refractivity contribution in [1.29, 1.82) is 0 Å². The lowest BCUT2D eigenvalue weighted by Crippen LogP contribution is -2.12. The lowest BCUT2D eigenvalue weighted by molar-refractivity contribution is -0.0211. The van der Waals surface area contributed by atoms with Crippen molar-refractivity contribution in [2.45, 2.75) is 6.29 Å². The van der Waals surface area contributed by atoms with E-state index in [2.05, 4.69) is 0 Å². The Bertz CT molecular complexity index is 926. The SMILES string of the molecule is Oc1cc(O)c2c(c1)OC(O)c1c-2oc2cc(O)c(O)cc12. The molecule has 4 rings (SSSR count). The van der Waals surface area contributed by atoms with E-state index in [0.29, 0.717) is 5.39 Å². The molecule has 1 atom stereocenters. The van der Waals surface area contributed by atoms with Gasteiger partial charge >= 0.3 is 0 Å². The lowest BCUT2D eigenvalue weighted by Gasteiger charge is -2.22. The first-order chi connectivity index (χ1) is 10.5. The first kappa shape index (κ1) is 12.7. The summed E-state index contributed by atoms with van der Waals surface area (Å²) in [6.45, 7) is 0. The standard InChI is InChI=1S/C15H10O7/c16-5-1-9(19)13-11(2-5)22-15(20)12-6-3-7(17)8(18)4-10(6)21-14(12)13/h1-4,15-20H. The minimum Gasteiger partial charge on any atom is -0.508 e. The third-order valence-corrected chi connectivity index (χ3v) is 3.60. The number of furan rings is 1. The molecule has 0 fully saturated rings. The predicted molar refractivity (Wildman–Crippen MR) is 73.9 cm³/mol. The zero-order chi connectivity index (χ0) is 15.6. The van der Waals surface area contributed by atoms with Crippen LogP contribution in [-0.4, -0.2) is 25.5 Å². The van der Waals surface area contributed by atoms with Crippen molar-refractivity contribution < 1.29 is 34.7 Å². The van der Waals surface area contributed by atoms with Gasteiger partial charge in [0, 0.05) is 23.6 Å². The molecule has 1 unspecified atom stereocenters. The van der Waals surface area contributed by atoms with E-state index in [1.54, 1.807) is 0 Å². The average molecular weight is 302 g/mol. The fraction of sp³-hybridized carbons (Fsp3) is 0.0667. The maximum atomic E-state index is 10.1. The largest absolute Gasteiger partial charge is 0.508 e. The van der Waals surface area contributed by atoms with Gasteiger partial charge in [-0.25, -0.2) is 0 Å². The second kappa shape index (κ2) is 3.99. The van der Waals surface area contributed by atoms with Crippen LogP contribution in [0, 0.1) is 0 Å². The van der Waals surface area contributed by atoms with E-state index in [1.807, 2.05) is 0 Å². The van der Waals surface area contributed by atoms with E-state index in [4.69, 9.17) is 9.15 Å². The summed E-state index contributed by atoms with van der Waals surface area (Å²) in [5, 5.41) is 49.2. The third-order valence-electron chi connectivity index (χ3n) is 3.60. The number of fused-ring (bicyclic) bond motifs is 5. The monoisotopic (exact) mass is 302 g/mol. The number of benzene rings is 2. The molecule has 0 amide bonds. The molecule has 0 saturated heterocycles. The van der Waals surface area contributed by atoms with E-state index in [1.165, 1.54) is 18.2 Å². The summed E-state index contributed by atoms with van der Waals surface area (Å²) in [7, 11) is 0. The number of hydrogen-bond donors (Lipinski definition) is 5. The Morgan fingerprint density at radius 2 is 1.59 bits per heavy atom. The average Bonchev–Trinajstić information content (AvgIpc) is 2.77. The Kier molecular flexibility index (Phi) is 2.29. The number of aliphatic hydroxyl groups is 1. The molecule has 3 aromatic rings. The van der Waals surface area contributed by atoms with Gasteiger partial charge in [-0.15, -0.1) is 0 Å². The summed E-state index contributed by atoms with van der Waals surface area (Å²) in [6, 6.07) is 4.80. The van der Waals surface area contributed by atoms with Crippen LogP contribution in [0.5, 0.6) is 28.7 Å². The summed E-state index contributed by atoms with van der Waals surface area (Å²) >= 11 is 0. The van der Waals surface area contributed by atoms with Crippen molar-refractivity contribution in [2.75, 3.05) is 0 Å². The van der Waals surface area contributed by atoms with Crippen molar-refractivity contribution in [1.82, 2.24) is 0 Å². The highest BCUT2D eigenvalue weighted by Crippen LogP contribution is 2.52. The summed E-state index contributed by atoms with van der Waals surface area (Å²) in [4.78, 5) is 0. The number of aliphatic hydroxyl groups excluding tert-OH is 1. The molecule has 1 aromatic heterocycles. The van der Waals surface area contributed by atoms with Crippen molar-refractivity contribution in [3.05, 3.63) is 29.8 Å². The molecule has 0 aliphatic carbocycles. The number of hydrogen-bond acceptors (Lipinski definition) is 7. The lowest BCUT2D eigenvalue weighted by atomic mass is 10.0. The normalized spacial score (nSPS) is 16.1. The maximum absolute atomic E-state index is 10.1. The van der Waals surface area contributed by atoms with Crippen LogP contribution in [0.25, 0.3) is 22.3 Å². The molecule has 2 heterocycles. The zero-order valence-corrected chi connectivity index (χ0v) is 10.9. The molecular formula is C15H10O7. The van der Waals surface area contributed by atoms with Crippen LogP contribution in [0.15, 0.2) is 28.7 Å². The van der Waals surface area contributed by atoms with Crippen LogP contribution in [0.2, 0.25) is 0 Å². The smallest absolute Gasteiger partial charge is 0.228 e. The second-order valence-electron chi connectivity index (χ2n) is 4.99. The highest BCUT2D eigenvalue weighted by Gasteiger charge is 2.33. The van der Waals surface area contributed by atoms with Crippen molar-refractivity contribution in [3.8, 4) is 40.1 Å². The quantitative estimate of drug-likeness (QED) is 0.404. The number of ether oxygens (including phenoxy) is 1. The van der Waals surface area contributed by atoms with Crippen LogP contribution in [-0.2, 0) is 0 Å². The molecule has 22 heavy (non-hydrogen) atoms. The molecule has 0 spiro atoms. The van der Waals surface area contributed by atoms with Gasteiger partial charge in [-0.1, -0.05) is 0 Å². The molecule has 2 aromatic carbocycles. The van der Waals surface area contributed by atoms with Gasteiger partial charge in [0.15, 0.2) is 17.3 Å². The maximum Gasteiger partial charge on any atom is 0.228 e. The molecule has 112 valence electrons. The fourth-order valence-electron chi connectivity index (χ4n) is 2.66. The molecule has 1 aliphatic rings. The van der Waals surface area contributed by atoms with Gasteiger partial charge < -0.3 is 34.7 Å². The molecule has 7 nitrogen and oxygen atoms in total. The van der Waals surface area contributed by atoms with Crippen LogP contribution in [0.4, 0.5) is 0 Å². The number of phenolic OH excluding ortho intramolecular Hbond substituents is 4. The summed E-state index contributed by atoms with van der Waals surface area (Å²) in [5.41, 5.74) is 0.607. The fourth-order valence-corrected chi connectivity index (χ4v) is 2.66. The van der Waals surface area contributed by atoms with Crippen molar-refractivity contribution >= 4 is 11.0 Å². The van der Waals surface area contributed by atoms with E-state index in [-0.39, 0.29) is 51.2 Å². The summed E-state index contributed by atoms with van der Waals surface area (Å²) < 4.78 is 10.9. The Morgan fingerprint density at radius 3 is 2.36 bits per heavy atom. The Hall–Kier alpha value is -3.06. The predicted octanol–water partition coefficient (Wildman–Crippen LogP) is 2.31. The highest BCUT2D eigenvalue weighted by molar-refractivity contribution is 5.93. The van der Waals surface area contributed by atoms with E-state index in [0.717, 1.165) is 6.07 Å². The minimum atomic E-state index is -1.41. The Morgan fingerprint density at radius 1 is 0.864 bits per heavy atom. The molecule has 0 radical (unpaired) electrons. The summed E-state index contributed by atoms with van der Waals surface area (Å²) in [6.07, 6.45) is -1.41. The molecule has 0 saturated carbocycles. The van der Waals surface area contributed by atoms with Crippen molar-refractivity contribution in [2.24, 2.45) is 0 Å². The number of phenols is 4. The van der Waals surface area contributed by atoms with Crippen LogP contribution < -0.4 is 4.74 Å². The third kappa shape index (κ3) is 1.54. The minimum absolute atomic E-state index is 0.0602. The van der Waals surface area contributed by atoms with Gasteiger partial charge in [0.25, 0.3) is 0 Å². The highest BCUT2D eigenvalue weighted by atomic mass is 16.6. The Labute approximate surface area is 122 Å². The van der Waals surface area contributed by atoms with E-state index >= 15 is 0 Å². The van der Waals surface area contributed by atoms with Crippen molar-refractivity contribution in [3.63, 3.8) is 0 Å². The molecule has 7 heteroatoms. The summed E-state index contributed by atoms with van der Waals surface area (Å²) in [5.74, 6) is -1.04. The van der Waals surface area contributed by atoms with Crippen LogP contribution in [0.1, 0.15) is 11.9 Å². The van der Waals surface area contributed by atoms with E-state index < -0.39 is 6.29 Å². The molecule has 0 bridgehead atoms. The number of rotatable bonds is 0. The van der Waals surface area contributed by atoms with Crippen LogP contribution in [0.3, 0.4) is 0 Å². The first-order valence-corrected chi connectivity index (χ1v) is 6.35. The van der Waals surface area contributed by atoms with Gasteiger partial charge in [-0.3, -0.25) is 0 Å². The Balaban J connectivity index is 2.11. The van der Waals surface area contributed by atoms with Crippen LogP contribution >= 0.6 is 0 Å². The van der Waals surface area contributed by atoms with Gasteiger partial charge in [0.1, 0.15) is 28.4 Å². The van der Waals surface area contributed by atoms with Gasteiger partial charge in [-0.05, 0) is 6.07 Å². The molecular weight excluding hydrogens is 292 g/mol. The van der Waals surface area contributed by atoms with Gasteiger partial charge in [-0.2, -0.15) is 0 Å². The first-order valence-electron chi connectivity index (χ1n) is 6.35. The van der Waals surface area contributed by atoms with Gasteiger partial charge in [0.2, 0.25) is 6.29 Å². The van der Waals surface area contributed by atoms with Gasteiger partial charge in [0.05, 0.1) is 5.56 Å². The molecule has 1 aliphatic heterocycles. The topological polar surface area (TPSA) is 124 Å². The second-order valence-corrected chi connectivity index (χ2v) is 4.99.